The quantitative estimate of drug-likeness (QED) is 0.794. The molecule has 16 heavy (non-hydrogen) atoms. The van der Waals surface area contributed by atoms with Crippen molar-refractivity contribution in [1.82, 2.24) is 10.6 Å². The number of hydrogen-bond donors (Lipinski definition) is 2. The molecule has 1 aliphatic heterocycles. The molecule has 2 N–H and O–H groups in total. The maximum Gasteiger partial charge on any atom is 0.223 e. The second kappa shape index (κ2) is 5.87. The van der Waals surface area contributed by atoms with Gasteiger partial charge in [0, 0.05) is 18.5 Å². The first-order chi connectivity index (χ1) is 7.18. The van der Waals surface area contributed by atoms with Crippen LogP contribution in [0.1, 0.15) is 33.1 Å². The third-order valence-corrected chi connectivity index (χ3v) is 3.90. The Bertz CT molecular complexity index is 243. The van der Waals surface area contributed by atoms with Crippen molar-refractivity contribution in [3.05, 3.63) is 0 Å². The van der Waals surface area contributed by atoms with Gasteiger partial charge in [0.2, 0.25) is 5.91 Å². The fourth-order valence-electron chi connectivity index (χ4n) is 2.31. The van der Waals surface area contributed by atoms with E-state index in [1.54, 1.807) is 0 Å². The first-order valence-electron chi connectivity index (χ1n) is 6.19. The van der Waals surface area contributed by atoms with Crippen molar-refractivity contribution in [3.63, 3.8) is 0 Å². The molecule has 1 amide bonds. The number of carbonyl (C=O) groups excluding carboxylic acids is 1. The van der Waals surface area contributed by atoms with Crippen LogP contribution < -0.4 is 10.6 Å². The second-order valence-corrected chi connectivity index (χ2v) is 5.21. The van der Waals surface area contributed by atoms with Crippen LogP contribution in [0.4, 0.5) is 0 Å². The topological polar surface area (TPSA) is 41.1 Å². The Kier molecular flexibility index (Phi) is 5.06. The van der Waals surface area contributed by atoms with Crippen molar-refractivity contribution in [3.8, 4) is 0 Å². The Morgan fingerprint density at radius 3 is 2.62 bits per heavy atom. The van der Waals surface area contributed by atoms with Gasteiger partial charge in [0.25, 0.3) is 0 Å². The predicted molar refractivity (Wildman–Crippen MR) is 67.7 cm³/mol. The van der Waals surface area contributed by atoms with Gasteiger partial charge in [0.1, 0.15) is 0 Å². The van der Waals surface area contributed by atoms with Gasteiger partial charge in [-0.1, -0.05) is 13.8 Å². The van der Waals surface area contributed by atoms with Gasteiger partial charge in [-0.05, 0) is 37.6 Å². The van der Waals surface area contributed by atoms with E-state index in [0.717, 1.165) is 13.1 Å². The standard InChI is InChI=1S/C12H22N2O.ClH/c1-8-5-6-13-7-11(8)14-12(15)9(2)10-3-4-10;/h8-11,13H,3-7H2,1-2H3,(H,14,15);1H. The molecule has 0 aromatic carbocycles. The van der Waals surface area contributed by atoms with E-state index < -0.39 is 0 Å². The van der Waals surface area contributed by atoms with Gasteiger partial charge in [-0.3, -0.25) is 4.79 Å². The highest BCUT2D eigenvalue weighted by molar-refractivity contribution is 5.85. The lowest BCUT2D eigenvalue weighted by atomic mass is 9.94. The highest BCUT2D eigenvalue weighted by Crippen LogP contribution is 2.36. The van der Waals surface area contributed by atoms with Gasteiger partial charge in [-0.15, -0.1) is 12.4 Å². The number of halogens is 1. The molecule has 1 saturated carbocycles. The zero-order valence-corrected chi connectivity index (χ0v) is 11.0. The van der Waals surface area contributed by atoms with Crippen LogP contribution in [-0.2, 0) is 4.79 Å². The van der Waals surface area contributed by atoms with E-state index >= 15 is 0 Å². The minimum atomic E-state index is 0. The fourth-order valence-corrected chi connectivity index (χ4v) is 2.31. The van der Waals surface area contributed by atoms with Gasteiger partial charge in [-0.25, -0.2) is 0 Å². The Balaban J connectivity index is 0.00000128. The molecule has 2 aliphatic rings. The molecular formula is C12H23ClN2O. The molecule has 0 aromatic rings. The Hall–Kier alpha value is -0.280. The van der Waals surface area contributed by atoms with Crippen LogP contribution in [0, 0.1) is 17.8 Å². The summed E-state index contributed by atoms with van der Waals surface area (Å²) in [5, 5.41) is 6.53. The fraction of sp³-hybridized carbons (Fsp3) is 0.917. The lowest BCUT2D eigenvalue weighted by molar-refractivity contribution is -0.126. The minimum Gasteiger partial charge on any atom is -0.352 e. The maximum atomic E-state index is 11.9. The van der Waals surface area contributed by atoms with Gasteiger partial charge in [-0.2, -0.15) is 0 Å². The summed E-state index contributed by atoms with van der Waals surface area (Å²) in [4.78, 5) is 11.9. The molecule has 3 unspecified atom stereocenters. The number of hydrogen-bond acceptors (Lipinski definition) is 2. The zero-order chi connectivity index (χ0) is 10.8. The zero-order valence-electron chi connectivity index (χ0n) is 10.2. The largest absolute Gasteiger partial charge is 0.352 e. The smallest absolute Gasteiger partial charge is 0.223 e. The molecule has 0 bridgehead atoms. The summed E-state index contributed by atoms with van der Waals surface area (Å²) in [7, 11) is 0. The van der Waals surface area contributed by atoms with Crippen LogP contribution in [0.5, 0.6) is 0 Å². The third-order valence-electron chi connectivity index (χ3n) is 3.90. The van der Waals surface area contributed by atoms with Crippen molar-refractivity contribution in [2.45, 2.75) is 39.2 Å². The van der Waals surface area contributed by atoms with Gasteiger partial charge in [0.05, 0.1) is 0 Å². The van der Waals surface area contributed by atoms with E-state index in [-0.39, 0.29) is 24.2 Å². The van der Waals surface area contributed by atoms with E-state index in [1.165, 1.54) is 19.3 Å². The highest BCUT2D eigenvalue weighted by Gasteiger charge is 2.34. The number of rotatable bonds is 3. The van der Waals surface area contributed by atoms with E-state index in [0.29, 0.717) is 17.9 Å². The van der Waals surface area contributed by atoms with Gasteiger partial charge in [0.15, 0.2) is 0 Å². The number of carbonyl (C=O) groups is 1. The number of piperidine rings is 1. The Morgan fingerprint density at radius 1 is 1.38 bits per heavy atom. The van der Waals surface area contributed by atoms with E-state index in [1.807, 2.05) is 0 Å². The summed E-state index contributed by atoms with van der Waals surface area (Å²) < 4.78 is 0. The van der Waals surface area contributed by atoms with Crippen LogP contribution in [0.25, 0.3) is 0 Å². The number of nitrogens with one attached hydrogen (secondary N) is 2. The Labute approximate surface area is 104 Å². The first-order valence-corrected chi connectivity index (χ1v) is 6.19. The Morgan fingerprint density at radius 2 is 2.06 bits per heavy atom. The third kappa shape index (κ3) is 3.36. The summed E-state index contributed by atoms with van der Waals surface area (Å²) >= 11 is 0. The molecule has 0 radical (unpaired) electrons. The lowest BCUT2D eigenvalue weighted by Gasteiger charge is -2.31. The second-order valence-electron chi connectivity index (χ2n) is 5.21. The van der Waals surface area contributed by atoms with E-state index in [9.17, 15) is 4.79 Å². The summed E-state index contributed by atoms with van der Waals surface area (Å²) in [5.74, 6) is 1.76. The summed E-state index contributed by atoms with van der Waals surface area (Å²) in [6, 6.07) is 0.340. The summed E-state index contributed by atoms with van der Waals surface area (Å²) in [6.07, 6.45) is 3.66. The van der Waals surface area contributed by atoms with Gasteiger partial charge < -0.3 is 10.6 Å². The summed E-state index contributed by atoms with van der Waals surface area (Å²) in [6.45, 7) is 6.32. The molecule has 3 atom stereocenters. The first kappa shape index (κ1) is 13.8. The van der Waals surface area contributed by atoms with Crippen LogP contribution in [0.2, 0.25) is 0 Å². The SMILES string of the molecule is CC1CCNCC1NC(=O)C(C)C1CC1.Cl. The van der Waals surface area contributed by atoms with E-state index in [2.05, 4.69) is 24.5 Å². The van der Waals surface area contributed by atoms with Crippen molar-refractivity contribution in [2.24, 2.45) is 17.8 Å². The van der Waals surface area contributed by atoms with Crippen molar-refractivity contribution in [2.75, 3.05) is 13.1 Å². The number of amides is 1. The normalized spacial score (nSPS) is 31.4. The minimum absolute atomic E-state index is 0. The van der Waals surface area contributed by atoms with Crippen molar-refractivity contribution in [1.29, 1.82) is 0 Å². The molecule has 2 fully saturated rings. The summed E-state index contributed by atoms with van der Waals surface area (Å²) in [5.41, 5.74) is 0. The molecule has 94 valence electrons. The molecule has 2 rings (SSSR count). The molecule has 1 saturated heterocycles. The molecule has 0 aromatic heterocycles. The average molecular weight is 247 g/mol. The predicted octanol–water partition coefficient (Wildman–Crippen LogP) is 1.57. The molecule has 1 aliphatic carbocycles. The van der Waals surface area contributed by atoms with E-state index in [4.69, 9.17) is 0 Å². The lowest BCUT2D eigenvalue weighted by Crippen LogP contribution is -2.51. The van der Waals surface area contributed by atoms with Crippen molar-refractivity contribution < 1.29 is 4.79 Å². The average Bonchev–Trinajstić information content (AvgIpc) is 3.04. The van der Waals surface area contributed by atoms with Crippen LogP contribution in [0.15, 0.2) is 0 Å². The van der Waals surface area contributed by atoms with Crippen LogP contribution in [0.3, 0.4) is 0 Å². The molecular weight excluding hydrogens is 224 g/mol. The molecule has 3 nitrogen and oxygen atoms in total. The molecule has 1 heterocycles. The van der Waals surface area contributed by atoms with Crippen LogP contribution >= 0.6 is 12.4 Å². The van der Waals surface area contributed by atoms with Crippen molar-refractivity contribution >= 4 is 18.3 Å². The molecule has 4 heteroatoms. The maximum absolute atomic E-state index is 11.9. The highest BCUT2D eigenvalue weighted by atomic mass is 35.5. The van der Waals surface area contributed by atoms with Crippen LogP contribution in [-0.4, -0.2) is 25.0 Å². The monoisotopic (exact) mass is 246 g/mol. The molecule has 0 spiro atoms. The van der Waals surface area contributed by atoms with Gasteiger partial charge >= 0.3 is 0 Å².